The number of ether oxygens (including phenoxy) is 2. The maximum Gasteiger partial charge on any atom is 0.205 e. The van der Waals surface area contributed by atoms with Crippen LogP contribution in [0.15, 0.2) is 17.0 Å². The molecule has 0 aliphatic carbocycles. The molecule has 0 aliphatic heterocycles. The molecule has 0 saturated heterocycles. The van der Waals surface area contributed by atoms with Gasteiger partial charge in [-0.2, -0.15) is 0 Å². The summed E-state index contributed by atoms with van der Waals surface area (Å²) >= 11 is 3.22. The summed E-state index contributed by atoms with van der Waals surface area (Å²) in [5, 5.41) is 13.1. The molecule has 0 bridgehead atoms. The molecule has 1 aromatic carbocycles. The molecule has 0 aliphatic rings. The van der Waals surface area contributed by atoms with Gasteiger partial charge in [0, 0.05) is 11.4 Å². The highest BCUT2D eigenvalue weighted by Gasteiger charge is 2.11. The second-order valence-electron chi connectivity index (χ2n) is 4.00. The van der Waals surface area contributed by atoms with Gasteiger partial charge in [0.05, 0.1) is 14.2 Å². The molecule has 0 radical (unpaired) electrons. The van der Waals surface area contributed by atoms with Crippen molar-refractivity contribution in [3.05, 3.63) is 22.7 Å². The van der Waals surface area contributed by atoms with Crippen molar-refractivity contribution in [1.82, 2.24) is 10.2 Å². The third-order valence-electron chi connectivity index (χ3n) is 2.74. The molecule has 108 valence electrons. The van der Waals surface area contributed by atoms with Crippen molar-refractivity contribution in [1.29, 1.82) is 0 Å². The van der Waals surface area contributed by atoms with Gasteiger partial charge < -0.3 is 14.8 Å². The van der Waals surface area contributed by atoms with Crippen LogP contribution in [0, 0.1) is 6.92 Å². The smallest absolute Gasteiger partial charge is 0.205 e. The highest BCUT2D eigenvalue weighted by molar-refractivity contribution is 7.98. The van der Waals surface area contributed by atoms with Gasteiger partial charge in [0.1, 0.15) is 5.01 Å². The Labute approximate surface area is 126 Å². The molecule has 0 fully saturated rings. The topological polar surface area (TPSA) is 56.3 Å². The number of thioether (sulfide) groups is 1. The second kappa shape index (κ2) is 6.81. The summed E-state index contributed by atoms with van der Waals surface area (Å²) in [5.41, 5.74) is 1.14. The predicted octanol–water partition coefficient (Wildman–Crippen LogP) is 3.20. The Morgan fingerprint density at radius 1 is 1.20 bits per heavy atom. The van der Waals surface area contributed by atoms with E-state index in [2.05, 4.69) is 15.5 Å². The van der Waals surface area contributed by atoms with Crippen molar-refractivity contribution < 1.29 is 9.47 Å². The number of rotatable bonds is 6. The zero-order valence-corrected chi connectivity index (χ0v) is 13.5. The van der Waals surface area contributed by atoms with Crippen molar-refractivity contribution in [3.8, 4) is 11.5 Å². The summed E-state index contributed by atoms with van der Waals surface area (Å²) in [7, 11) is 3.28. The number of hydrogen-bond acceptors (Lipinski definition) is 7. The molecule has 1 N–H and O–H groups in total. The van der Waals surface area contributed by atoms with Gasteiger partial charge in [0.15, 0.2) is 11.5 Å². The van der Waals surface area contributed by atoms with Crippen molar-refractivity contribution in [2.45, 2.75) is 18.4 Å². The van der Waals surface area contributed by atoms with E-state index >= 15 is 0 Å². The Bertz CT molecular complexity index is 587. The molecule has 1 heterocycles. The first-order valence-corrected chi connectivity index (χ1v) is 8.05. The van der Waals surface area contributed by atoms with E-state index in [4.69, 9.17) is 9.47 Å². The Hall–Kier alpha value is -1.47. The summed E-state index contributed by atoms with van der Waals surface area (Å²) in [6.07, 6.45) is 2.04. The minimum atomic E-state index is 0.672. The van der Waals surface area contributed by atoms with Crippen LogP contribution in [-0.2, 0) is 6.54 Å². The number of anilines is 1. The van der Waals surface area contributed by atoms with Gasteiger partial charge in [-0.1, -0.05) is 11.3 Å². The number of aromatic nitrogens is 2. The predicted molar refractivity (Wildman–Crippen MR) is 83.3 cm³/mol. The first kappa shape index (κ1) is 14.9. The van der Waals surface area contributed by atoms with E-state index in [0.717, 1.165) is 32.1 Å². The molecule has 2 rings (SSSR count). The van der Waals surface area contributed by atoms with E-state index in [-0.39, 0.29) is 0 Å². The summed E-state index contributed by atoms with van der Waals surface area (Å²) < 4.78 is 10.7. The summed E-state index contributed by atoms with van der Waals surface area (Å²) in [6, 6.07) is 3.98. The van der Waals surface area contributed by atoms with Gasteiger partial charge in [0.25, 0.3) is 0 Å². The number of benzene rings is 1. The molecule has 0 spiro atoms. The van der Waals surface area contributed by atoms with Crippen LogP contribution in [0.5, 0.6) is 11.5 Å². The van der Waals surface area contributed by atoms with Crippen LogP contribution in [-0.4, -0.2) is 30.7 Å². The summed E-state index contributed by atoms with van der Waals surface area (Å²) in [6.45, 7) is 2.61. The highest BCUT2D eigenvalue weighted by Crippen LogP contribution is 2.34. The first-order chi connectivity index (χ1) is 9.67. The number of nitrogens with one attached hydrogen (secondary N) is 1. The van der Waals surface area contributed by atoms with E-state index in [1.54, 1.807) is 37.3 Å². The molecule has 5 nitrogen and oxygen atoms in total. The van der Waals surface area contributed by atoms with Crippen LogP contribution in [0.1, 0.15) is 10.6 Å². The third-order valence-corrected chi connectivity index (χ3v) is 4.36. The minimum Gasteiger partial charge on any atom is -0.493 e. The van der Waals surface area contributed by atoms with Crippen LogP contribution in [0.2, 0.25) is 0 Å². The number of aryl methyl sites for hydroxylation is 1. The monoisotopic (exact) mass is 311 g/mol. The van der Waals surface area contributed by atoms with E-state index in [0.29, 0.717) is 6.54 Å². The normalized spacial score (nSPS) is 10.4. The SMILES string of the molecule is COc1cc(CNc2nnc(C)s2)c(SC)cc1OC. The van der Waals surface area contributed by atoms with Crippen molar-refractivity contribution in [2.24, 2.45) is 0 Å². The Morgan fingerprint density at radius 3 is 2.45 bits per heavy atom. The fourth-order valence-corrected chi connectivity index (χ4v) is 2.98. The number of methoxy groups -OCH3 is 2. The Kier molecular flexibility index (Phi) is 5.08. The van der Waals surface area contributed by atoms with Crippen LogP contribution >= 0.6 is 23.1 Å². The van der Waals surface area contributed by atoms with Crippen LogP contribution in [0.4, 0.5) is 5.13 Å². The van der Waals surface area contributed by atoms with Crippen LogP contribution in [0.25, 0.3) is 0 Å². The fraction of sp³-hybridized carbons (Fsp3) is 0.385. The average Bonchev–Trinajstić information content (AvgIpc) is 2.89. The standard InChI is InChI=1S/C13H17N3O2S2/c1-8-15-16-13(20-8)14-7-9-5-10(17-2)11(18-3)6-12(9)19-4/h5-6H,7H2,1-4H3,(H,14,16). The third kappa shape index (κ3) is 3.34. The van der Waals surface area contributed by atoms with Crippen LogP contribution in [0.3, 0.4) is 0 Å². The average molecular weight is 311 g/mol. The largest absolute Gasteiger partial charge is 0.493 e. The molecule has 0 unspecified atom stereocenters. The van der Waals surface area contributed by atoms with Gasteiger partial charge in [0.2, 0.25) is 5.13 Å². The van der Waals surface area contributed by atoms with E-state index in [9.17, 15) is 0 Å². The van der Waals surface area contributed by atoms with Gasteiger partial charge in [-0.05, 0) is 30.9 Å². The quantitative estimate of drug-likeness (QED) is 0.827. The number of hydrogen-bond donors (Lipinski definition) is 1. The zero-order chi connectivity index (χ0) is 14.5. The highest BCUT2D eigenvalue weighted by atomic mass is 32.2. The van der Waals surface area contributed by atoms with Gasteiger partial charge in [-0.3, -0.25) is 0 Å². The van der Waals surface area contributed by atoms with Crippen molar-refractivity contribution >= 4 is 28.2 Å². The minimum absolute atomic E-state index is 0.672. The molecule has 0 atom stereocenters. The molecule has 7 heteroatoms. The molecule has 0 saturated carbocycles. The lowest BCUT2D eigenvalue weighted by atomic mass is 10.2. The van der Waals surface area contributed by atoms with Gasteiger partial charge in [-0.15, -0.1) is 22.0 Å². The summed E-state index contributed by atoms with van der Waals surface area (Å²) in [5.74, 6) is 1.47. The molecular weight excluding hydrogens is 294 g/mol. The second-order valence-corrected chi connectivity index (χ2v) is 6.03. The maximum absolute atomic E-state index is 5.35. The molecule has 1 aromatic heterocycles. The Balaban J connectivity index is 2.21. The van der Waals surface area contributed by atoms with Crippen molar-refractivity contribution in [3.63, 3.8) is 0 Å². The molecule has 0 amide bonds. The van der Waals surface area contributed by atoms with Crippen LogP contribution < -0.4 is 14.8 Å². The van der Waals surface area contributed by atoms with E-state index in [1.165, 1.54) is 0 Å². The number of nitrogens with zero attached hydrogens (tertiary/aromatic N) is 2. The van der Waals surface area contributed by atoms with E-state index < -0.39 is 0 Å². The lowest BCUT2D eigenvalue weighted by Gasteiger charge is -2.13. The van der Waals surface area contributed by atoms with E-state index in [1.807, 2.05) is 25.3 Å². The zero-order valence-electron chi connectivity index (χ0n) is 11.9. The van der Waals surface area contributed by atoms with Crippen molar-refractivity contribution in [2.75, 3.05) is 25.8 Å². The summed E-state index contributed by atoms with van der Waals surface area (Å²) in [4.78, 5) is 1.15. The van der Waals surface area contributed by atoms with Gasteiger partial charge in [-0.25, -0.2) is 0 Å². The lowest BCUT2D eigenvalue weighted by Crippen LogP contribution is -2.02. The molecule has 20 heavy (non-hydrogen) atoms. The lowest BCUT2D eigenvalue weighted by molar-refractivity contribution is 0.353. The van der Waals surface area contributed by atoms with Gasteiger partial charge >= 0.3 is 0 Å². The first-order valence-electron chi connectivity index (χ1n) is 6.00. The molecular formula is C13H17N3O2S2. The maximum atomic E-state index is 5.35. The fourth-order valence-electron chi connectivity index (χ4n) is 1.77. The Morgan fingerprint density at radius 2 is 1.90 bits per heavy atom. The molecule has 2 aromatic rings.